The second kappa shape index (κ2) is 3.78. The van der Waals surface area contributed by atoms with Crippen molar-refractivity contribution in [1.29, 1.82) is 0 Å². The van der Waals surface area contributed by atoms with Gasteiger partial charge in [-0.3, -0.25) is 4.98 Å². The maximum Gasteiger partial charge on any atom is 0.146 e. The van der Waals surface area contributed by atoms with E-state index in [2.05, 4.69) is 15.0 Å². The van der Waals surface area contributed by atoms with Crippen molar-refractivity contribution in [2.75, 3.05) is 5.73 Å². The second-order valence-electron chi connectivity index (χ2n) is 2.81. The first-order valence-corrected chi connectivity index (χ1v) is 4.43. The summed E-state index contributed by atoms with van der Waals surface area (Å²) >= 11 is 5.88. The smallest absolute Gasteiger partial charge is 0.146 e. The molecule has 0 amide bonds. The van der Waals surface area contributed by atoms with Gasteiger partial charge in [-0.15, -0.1) is 0 Å². The van der Waals surface area contributed by atoms with Crippen molar-refractivity contribution in [3.63, 3.8) is 0 Å². The average Bonchev–Trinajstić information content (AvgIpc) is 2.22. The van der Waals surface area contributed by atoms with Gasteiger partial charge in [0.05, 0.1) is 11.9 Å². The summed E-state index contributed by atoms with van der Waals surface area (Å²) in [6.07, 6.45) is 3.82. The van der Waals surface area contributed by atoms with Crippen molar-refractivity contribution in [2.45, 2.75) is 0 Å². The summed E-state index contributed by atoms with van der Waals surface area (Å²) in [5.74, 6) is -0.299. The zero-order valence-electron chi connectivity index (χ0n) is 7.48. The van der Waals surface area contributed by atoms with Crippen LogP contribution in [0.2, 0.25) is 5.02 Å². The largest absolute Gasteiger partial charge is 0.382 e. The van der Waals surface area contributed by atoms with Crippen LogP contribution in [0.25, 0.3) is 11.3 Å². The zero-order chi connectivity index (χ0) is 10.8. The monoisotopic (exact) mass is 224 g/mol. The molecule has 2 aromatic rings. The van der Waals surface area contributed by atoms with Gasteiger partial charge in [0.2, 0.25) is 0 Å². The van der Waals surface area contributed by atoms with Crippen LogP contribution in [-0.2, 0) is 0 Å². The molecule has 0 radical (unpaired) electrons. The highest BCUT2D eigenvalue weighted by Gasteiger charge is 2.09. The van der Waals surface area contributed by atoms with Crippen molar-refractivity contribution < 1.29 is 4.39 Å². The second-order valence-corrected chi connectivity index (χ2v) is 3.19. The van der Waals surface area contributed by atoms with Crippen LogP contribution in [0.3, 0.4) is 0 Å². The molecule has 0 aliphatic heterocycles. The molecule has 6 heteroatoms. The van der Waals surface area contributed by atoms with Gasteiger partial charge in [-0.2, -0.15) is 0 Å². The highest BCUT2D eigenvalue weighted by atomic mass is 35.5. The fourth-order valence-electron chi connectivity index (χ4n) is 1.13. The lowest BCUT2D eigenvalue weighted by Gasteiger charge is -2.03. The van der Waals surface area contributed by atoms with Crippen LogP contribution < -0.4 is 5.73 Å². The van der Waals surface area contributed by atoms with E-state index in [0.29, 0.717) is 11.3 Å². The molecule has 0 aliphatic carbocycles. The van der Waals surface area contributed by atoms with Gasteiger partial charge in [0, 0.05) is 11.8 Å². The molecule has 76 valence electrons. The van der Waals surface area contributed by atoms with Crippen molar-refractivity contribution in [2.24, 2.45) is 0 Å². The number of pyridine rings is 1. The van der Waals surface area contributed by atoms with Crippen LogP contribution in [0.1, 0.15) is 0 Å². The van der Waals surface area contributed by atoms with E-state index in [1.165, 1.54) is 18.6 Å². The maximum atomic E-state index is 12.9. The first kappa shape index (κ1) is 9.79. The predicted molar refractivity (Wildman–Crippen MR) is 54.6 cm³/mol. The molecule has 0 aromatic carbocycles. The number of hydrogen-bond donors (Lipinski definition) is 1. The summed E-state index contributed by atoms with van der Waals surface area (Å²) in [4.78, 5) is 11.3. The lowest BCUT2D eigenvalue weighted by atomic mass is 10.2. The molecule has 2 N–H and O–H groups in total. The van der Waals surface area contributed by atoms with Gasteiger partial charge >= 0.3 is 0 Å². The molecule has 0 saturated heterocycles. The van der Waals surface area contributed by atoms with Crippen molar-refractivity contribution in [3.05, 3.63) is 35.6 Å². The van der Waals surface area contributed by atoms with E-state index >= 15 is 0 Å². The number of anilines is 1. The molecular formula is C9H6ClFN4. The number of nitrogens with zero attached hydrogens (tertiary/aromatic N) is 3. The van der Waals surface area contributed by atoms with Crippen LogP contribution in [0, 0.1) is 5.82 Å². The Kier molecular flexibility index (Phi) is 2.47. The zero-order valence-corrected chi connectivity index (χ0v) is 8.24. The van der Waals surface area contributed by atoms with E-state index in [-0.39, 0.29) is 10.8 Å². The molecule has 2 heterocycles. The van der Waals surface area contributed by atoms with Crippen molar-refractivity contribution >= 4 is 17.4 Å². The molecule has 15 heavy (non-hydrogen) atoms. The highest BCUT2D eigenvalue weighted by Crippen LogP contribution is 2.28. The van der Waals surface area contributed by atoms with E-state index in [1.54, 1.807) is 0 Å². The van der Waals surface area contributed by atoms with Gasteiger partial charge in [-0.1, -0.05) is 11.6 Å². The number of nitrogens with two attached hydrogens (primary N) is 1. The summed E-state index contributed by atoms with van der Waals surface area (Å²) in [7, 11) is 0. The number of hydrogen-bond acceptors (Lipinski definition) is 4. The van der Waals surface area contributed by atoms with Gasteiger partial charge in [-0.25, -0.2) is 14.4 Å². The number of nitrogen functional groups attached to an aromatic ring is 1. The molecule has 4 nitrogen and oxygen atoms in total. The normalized spacial score (nSPS) is 10.3. The van der Waals surface area contributed by atoms with E-state index in [4.69, 9.17) is 17.3 Å². The van der Waals surface area contributed by atoms with Crippen LogP contribution in [-0.4, -0.2) is 15.0 Å². The third-order valence-corrected chi connectivity index (χ3v) is 2.17. The number of aromatic nitrogens is 3. The number of rotatable bonds is 1. The van der Waals surface area contributed by atoms with Crippen molar-refractivity contribution in [3.8, 4) is 11.3 Å². The molecule has 0 aliphatic rings. The molecule has 2 aromatic heterocycles. The highest BCUT2D eigenvalue weighted by molar-refractivity contribution is 6.35. The molecule has 0 atom stereocenters. The average molecular weight is 225 g/mol. The van der Waals surface area contributed by atoms with Crippen LogP contribution in [0.5, 0.6) is 0 Å². The Hall–Kier alpha value is -1.75. The Balaban J connectivity index is 2.59. The Morgan fingerprint density at radius 1 is 1.27 bits per heavy atom. The summed E-state index contributed by atoms with van der Waals surface area (Å²) in [6, 6.07) is 1.28. The van der Waals surface area contributed by atoms with Crippen molar-refractivity contribution in [1.82, 2.24) is 15.0 Å². The van der Waals surface area contributed by atoms with Gasteiger partial charge in [-0.05, 0) is 6.07 Å². The van der Waals surface area contributed by atoms with Gasteiger partial charge < -0.3 is 5.73 Å². The maximum absolute atomic E-state index is 12.9. The fourth-order valence-corrected chi connectivity index (χ4v) is 1.33. The summed E-state index contributed by atoms with van der Waals surface area (Å²) in [6.45, 7) is 0. The standard InChI is InChI=1S/C9H6ClFN4/c10-7-8(14-4-15-9(7)12)5-1-6(11)3-13-2-5/h1-4H,(H2,12,14,15). The first-order valence-electron chi connectivity index (χ1n) is 4.05. The summed E-state index contributed by atoms with van der Waals surface area (Å²) in [5.41, 5.74) is 6.34. The topological polar surface area (TPSA) is 64.7 Å². The first-order chi connectivity index (χ1) is 7.18. The molecule has 0 fully saturated rings. The Morgan fingerprint density at radius 2 is 2.07 bits per heavy atom. The third-order valence-electron chi connectivity index (χ3n) is 1.79. The lowest BCUT2D eigenvalue weighted by molar-refractivity contribution is 0.622. The third kappa shape index (κ3) is 1.87. The van der Waals surface area contributed by atoms with E-state index in [9.17, 15) is 4.39 Å². The molecule has 2 rings (SSSR count). The minimum Gasteiger partial charge on any atom is -0.382 e. The van der Waals surface area contributed by atoms with E-state index < -0.39 is 5.82 Å². The van der Waals surface area contributed by atoms with Gasteiger partial charge in [0.25, 0.3) is 0 Å². The molecular weight excluding hydrogens is 219 g/mol. The SMILES string of the molecule is Nc1ncnc(-c2cncc(F)c2)c1Cl. The molecule has 0 saturated carbocycles. The molecule has 0 unspecified atom stereocenters. The van der Waals surface area contributed by atoms with Crippen LogP contribution in [0.15, 0.2) is 24.8 Å². The minimum absolute atomic E-state index is 0.158. The number of halogens is 2. The van der Waals surface area contributed by atoms with Gasteiger partial charge in [0.1, 0.15) is 23.0 Å². The molecule has 0 spiro atoms. The van der Waals surface area contributed by atoms with Crippen LogP contribution >= 0.6 is 11.6 Å². The summed E-state index contributed by atoms with van der Waals surface area (Å²) < 4.78 is 12.9. The van der Waals surface area contributed by atoms with E-state index in [0.717, 1.165) is 6.20 Å². The van der Waals surface area contributed by atoms with Gasteiger partial charge in [0.15, 0.2) is 0 Å². The van der Waals surface area contributed by atoms with E-state index in [1.807, 2.05) is 0 Å². The Morgan fingerprint density at radius 3 is 2.80 bits per heavy atom. The predicted octanol–water partition coefficient (Wildman–Crippen LogP) is 1.91. The summed E-state index contributed by atoms with van der Waals surface area (Å²) in [5, 5.41) is 0.199. The van der Waals surface area contributed by atoms with Crippen LogP contribution in [0.4, 0.5) is 10.2 Å². The quantitative estimate of drug-likeness (QED) is 0.804. The Labute approximate surface area is 90.0 Å². The molecule has 0 bridgehead atoms. The minimum atomic E-state index is -0.458. The fraction of sp³-hybridized carbons (Fsp3) is 0. The Bertz CT molecular complexity index is 503. The lowest BCUT2D eigenvalue weighted by Crippen LogP contribution is -1.96.